The number of nitrogens with zero attached hydrogens (tertiary/aromatic N) is 1. The molecule has 0 saturated heterocycles. The summed E-state index contributed by atoms with van der Waals surface area (Å²) in [5.41, 5.74) is 2.32. The molecule has 16 heavy (non-hydrogen) atoms. The Morgan fingerprint density at radius 3 is 2.19 bits per heavy atom. The Kier molecular flexibility index (Phi) is 4.97. The molecule has 1 aromatic rings. The van der Waals surface area contributed by atoms with E-state index in [0.29, 0.717) is 0 Å². The molecule has 1 rings (SSSR count). The molecule has 2 heteroatoms. The van der Waals surface area contributed by atoms with E-state index in [1.54, 1.807) is 0 Å². The fourth-order valence-electron chi connectivity index (χ4n) is 1.76. The standard InChI is InChI=1S/C14H23NO/c1-5-12-7-9-13(10-8-12)14(16)11(3)15(4)6-2/h7-11,14,16H,5-6H2,1-4H3. The van der Waals surface area contributed by atoms with E-state index in [9.17, 15) is 5.11 Å². The second-order valence-electron chi connectivity index (χ2n) is 4.35. The number of likely N-dealkylation sites (N-methyl/N-ethyl adjacent to an activating group) is 1. The van der Waals surface area contributed by atoms with Gasteiger partial charge in [-0.3, -0.25) is 0 Å². The number of aliphatic hydroxyl groups excluding tert-OH is 1. The first-order valence-corrected chi connectivity index (χ1v) is 6.07. The van der Waals surface area contributed by atoms with Gasteiger partial charge < -0.3 is 10.0 Å². The second kappa shape index (κ2) is 6.02. The van der Waals surface area contributed by atoms with Crippen LogP contribution in [0.3, 0.4) is 0 Å². The molecule has 1 N–H and O–H groups in total. The lowest BCUT2D eigenvalue weighted by Gasteiger charge is -2.28. The molecule has 2 nitrogen and oxygen atoms in total. The van der Waals surface area contributed by atoms with Crippen molar-refractivity contribution in [2.45, 2.75) is 39.3 Å². The third-order valence-electron chi connectivity index (χ3n) is 3.38. The number of rotatable bonds is 5. The van der Waals surface area contributed by atoms with Gasteiger partial charge in [0.1, 0.15) is 0 Å². The summed E-state index contributed by atoms with van der Waals surface area (Å²) in [5, 5.41) is 10.2. The summed E-state index contributed by atoms with van der Waals surface area (Å²) in [6.07, 6.45) is 0.636. The molecule has 0 bridgehead atoms. The van der Waals surface area contributed by atoms with Crippen molar-refractivity contribution in [1.82, 2.24) is 4.90 Å². The van der Waals surface area contributed by atoms with Crippen molar-refractivity contribution in [2.24, 2.45) is 0 Å². The zero-order valence-electron chi connectivity index (χ0n) is 10.8. The predicted octanol–water partition coefficient (Wildman–Crippen LogP) is 2.62. The van der Waals surface area contributed by atoms with Crippen molar-refractivity contribution in [2.75, 3.05) is 13.6 Å². The predicted molar refractivity (Wildman–Crippen MR) is 68.5 cm³/mol. The van der Waals surface area contributed by atoms with E-state index < -0.39 is 6.10 Å². The highest BCUT2D eigenvalue weighted by molar-refractivity contribution is 5.24. The van der Waals surface area contributed by atoms with E-state index in [-0.39, 0.29) is 6.04 Å². The Hall–Kier alpha value is -0.860. The van der Waals surface area contributed by atoms with Crippen molar-refractivity contribution in [1.29, 1.82) is 0 Å². The Morgan fingerprint density at radius 1 is 1.19 bits per heavy atom. The molecule has 1 aromatic carbocycles. The van der Waals surface area contributed by atoms with Crippen LogP contribution in [-0.4, -0.2) is 29.6 Å². The topological polar surface area (TPSA) is 23.5 Å². The molecule has 0 radical (unpaired) electrons. The van der Waals surface area contributed by atoms with E-state index in [4.69, 9.17) is 0 Å². The minimum atomic E-state index is -0.407. The largest absolute Gasteiger partial charge is 0.387 e. The van der Waals surface area contributed by atoms with Crippen molar-refractivity contribution in [3.05, 3.63) is 35.4 Å². The van der Waals surface area contributed by atoms with Gasteiger partial charge in [-0.1, -0.05) is 38.1 Å². The molecule has 2 unspecified atom stereocenters. The molecule has 0 heterocycles. The number of aryl methyl sites for hydroxylation is 1. The van der Waals surface area contributed by atoms with Gasteiger partial charge in [0.05, 0.1) is 6.10 Å². The van der Waals surface area contributed by atoms with Gasteiger partial charge in [0, 0.05) is 6.04 Å². The summed E-state index contributed by atoms with van der Waals surface area (Å²) in [6, 6.07) is 8.40. The van der Waals surface area contributed by atoms with Crippen LogP contribution in [0.2, 0.25) is 0 Å². The summed E-state index contributed by atoms with van der Waals surface area (Å²) >= 11 is 0. The van der Waals surface area contributed by atoms with Gasteiger partial charge in [-0.2, -0.15) is 0 Å². The lowest BCUT2D eigenvalue weighted by Crippen LogP contribution is -2.34. The van der Waals surface area contributed by atoms with Crippen LogP contribution in [-0.2, 0) is 6.42 Å². The third kappa shape index (κ3) is 3.06. The molecule has 0 saturated carbocycles. The van der Waals surface area contributed by atoms with Gasteiger partial charge >= 0.3 is 0 Å². The quantitative estimate of drug-likeness (QED) is 0.826. The van der Waals surface area contributed by atoms with Gasteiger partial charge in [-0.25, -0.2) is 0 Å². The van der Waals surface area contributed by atoms with Crippen LogP contribution >= 0.6 is 0 Å². The smallest absolute Gasteiger partial charge is 0.0942 e. The lowest BCUT2D eigenvalue weighted by atomic mass is 10.0. The number of benzene rings is 1. The van der Waals surface area contributed by atoms with Gasteiger partial charge in [0.25, 0.3) is 0 Å². The minimum absolute atomic E-state index is 0.150. The van der Waals surface area contributed by atoms with Crippen molar-refractivity contribution in [3.8, 4) is 0 Å². The van der Waals surface area contributed by atoms with Gasteiger partial charge in [0.15, 0.2) is 0 Å². The minimum Gasteiger partial charge on any atom is -0.387 e. The maximum absolute atomic E-state index is 10.2. The Morgan fingerprint density at radius 2 is 1.75 bits per heavy atom. The van der Waals surface area contributed by atoms with E-state index in [1.165, 1.54) is 5.56 Å². The maximum Gasteiger partial charge on any atom is 0.0942 e. The van der Waals surface area contributed by atoms with Gasteiger partial charge in [0.2, 0.25) is 0 Å². The zero-order valence-corrected chi connectivity index (χ0v) is 10.8. The Bertz CT molecular complexity index is 307. The lowest BCUT2D eigenvalue weighted by molar-refractivity contribution is 0.0754. The van der Waals surface area contributed by atoms with Crippen molar-refractivity contribution in [3.63, 3.8) is 0 Å². The number of hydrogen-bond acceptors (Lipinski definition) is 2. The first-order chi connectivity index (χ1) is 7.60. The molecule has 0 aliphatic rings. The molecule has 0 aliphatic carbocycles. The number of aliphatic hydroxyl groups is 1. The van der Waals surface area contributed by atoms with Crippen LogP contribution in [0.4, 0.5) is 0 Å². The summed E-state index contributed by atoms with van der Waals surface area (Å²) in [5.74, 6) is 0. The summed E-state index contributed by atoms with van der Waals surface area (Å²) in [4.78, 5) is 2.15. The van der Waals surface area contributed by atoms with Crippen LogP contribution in [0.1, 0.15) is 38.0 Å². The first kappa shape index (κ1) is 13.2. The Balaban J connectivity index is 2.75. The highest BCUT2D eigenvalue weighted by Crippen LogP contribution is 2.20. The van der Waals surface area contributed by atoms with Gasteiger partial charge in [-0.05, 0) is 38.1 Å². The first-order valence-electron chi connectivity index (χ1n) is 6.07. The van der Waals surface area contributed by atoms with E-state index in [2.05, 4.69) is 37.8 Å². The number of hydrogen-bond donors (Lipinski definition) is 1. The SMILES string of the molecule is CCc1ccc(C(O)C(C)N(C)CC)cc1. The molecule has 90 valence electrons. The fraction of sp³-hybridized carbons (Fsp3) is 0.571. The molecule has 2 atom stereocenters. The van der Waals surface area contributed by atoms with Crippen LogP contribution < -0.4 is 0 Å². The van der Waals surface area contributed by atoms with E-state index in [1.807, 2.05) is 19.2 Å². The summed E-state index contributed by atoms with van der Waals surface area (Å²) in [7, 11) is 2.04. The molecule has 0 spiro atoms. The zero-order chi connectivity index (χ0) is 12.1. The fourth-order valence-corrected chi connectivity index (χ4v) is 1.76. The van der Waals surface area contributed by atoms with Gasteiger partial charge in [-0.15, -0.1) is 0 Å². The maximum atomic E-state index is 10.2. The second-order valence-corrected chi connectivity index (χ2v) is 4.35. The molecule has 0 aliphatic heterocycles. The monoisotopic (exact) mass is 221 g/mol. The molecule has 0 fully saturated rings. The molecular formula is C14H23NO. The Labute approximate surface area is 98.9 Å². The normalized spacial score (nSPS) is 15.1. The third-order valence-corrected chi connectivity index (χ3v) is 3.38. The van der Waals surface area contributed by atoms with Crippen LogP contribution in [0.5, 0.6) is 0 Å². The van der Waals surface area contributed by atoms with E-state index in [0.717, 1.165) is 18.5 Å². The average molecular weight is 221 g/mol. The molecule has 0 amide bonds. The van der Waals surface area contributed by atoms with Crippen molar-refractivity contribution < 1.29 is 5.11 Å². The van der Waals surface area contributed by atoms with Crippen LogP contribution in [0.15, 0.2) is 24.3 Å². The highest BCUT2D eigenvalue weighted by Gasteiger charge is 2.19. The van der Waals surface area contributed by atoms with Crippen LogP contribution in [0.25, 0.3) is 0 Å². The van der Waals surface area contributed by atoms with Crippen LogP contribution in [0, 0.1) is 0 Å². The molecule has 0 aromatic heterocycles. The van der Waals surface area contributed by atoms with E-state index >= 15 is 0 Å². The summed E-state index contributed by atoms with van der Waals surface area (Å²) in [6.45, 7) is 7.25. The summed E-state index contributed by atoms with van der Waals surface area (Å²) < 4.78 is 0. The van der Waals surface area contributed by atoms with Crippen molar-refractivity contribution >= 4 is 0 Å². The average Bonchev–Trinajstić information content (AvgIpc) is 2.36. The highest BCUT2D eigenvalue weighted by atomic mass is 16.3. The molecular weight excluding hydrogens is 198 g/mol.